The van der Waals surface area contributed by atoms with E-state index in [-0.39, 0.29) is 24.7 Å². The van der Waals surface area contributed by atoms with Gasteiger partial charge in [0.15, 0.2) is 23.0 Å². The van der Waals surface area contributed by atoms with Gasteiger partial charge in [-0.25, -0.2) is 0 Å². The summed E-state index contributed by atoms with van der Waals surface area (Å²) in [6.07, 6.45) is 1.35. The number of hydrogen-bond donors (Lipinski definition) is 1. The number of methoxy groups -OCH3 is 4. The standard InChI is InChI=1S/C27H35N3O5/c1-7-29(2)21-9-17-11-25(33-4)26(34-5)12-18(17)20-8-16-10-24(32-3)27(35-6)13-19(16)23(15-31)30(20)22(21)14-28/h10-13,20-23,31H,7-9,15H2,1-6H3. The summed E-state index contributed by atoms with van der Waals surface area (Å²) in [6, 6.07) is 9.61. The average Bonchev–Trinajstić information content (AvgIpc) is 3.03. The minimum absolute atomic E-state index is 0.0670. The molecule has 0 amide bonds. The van der Waals surface area contributed by atoms with Crippen LogP contribution in [-0.4, -0.2) is 75.6 Å². The Balaban J connectivity index is 1.98. The van der Waals surface area contributed by atoms with Crippen LogP contribution in [0.2, 0.25) is 0 Å². The fraction of sp³-hybridized carbons (Fsp3) is 0.519. The van der Waals surface area contributed by atoms with Crippen molar-refractivity contribution in [3.8, 4) is 29.1 Å². The molecule has 4 unspecified atom stereocenters. The molecule has 8 nitrogen and oxygen atoms in total. The van der Waals surface area contributed by atoms with E-state index in [0.717, 1.165) is 28.8 Å². The number of rotatable bonds is 7. The van der Waals surface area contributed by atoms with E-state index in [1.165, 1.54) is 0 Å². The quantitative estimate of drug-likeness (QED) is 0.646. The molecule has 4 rings (SSSR count). The molecule has 0 aliphatic carbocycles. The molecule has 2 aliphatic rings. The molecule has 2 aliphatic heterocycles. The number of ether oxygens (including phenoxy) is 4. The molecule has 2 aromatic carbocycles. The molecule has 0 spiro atoms. The Labute approximate surface area is 207 Å². The van der Waals surface area contributed by atoms with Crippen LogP contribution >= 0.6 is 0 Å². The van der Waals surface area contributed by atoms with Gasteiger partial charge in [-0.15, -0.1) is 0 Å². The van der Waals surface area contributed by atoms with Crippen molar-refractivity contribution in [1.29, 1.82) is 5.26 Å². The summed E-state index contributed by atoms with van der Waals surface area (Å²) < 4.78 is 22.4. The highest BCUT2D eigenvalue weighted by molar-refractivity contribution is 5.54. The second-order valence-electron chi connectivity index (χ2n) is 9.10. The van der Waals surface area contributed by atoms with Crippen molar-refractivity contribution in [2.24, 2.45) is 0 Å². The number of nitrogens with zero attached hydrogens (tertiary/aromatic N) is 3. The zero-order valence-electron chi connectivity index (χ0n) is 21.4. The van der Waals surface area contributed by atoms with E-state index in [2.05, 4.69) is 29.8 Å². The van der Waals surface area contributed by atoms with E-state index >= 15 is 0 Å². The first kappa shape index (κ1) is 25.1. The topological polar surface area (TPSA) is 87.4 Å². The molecule has 2 aromatic rings. The highest BCUT2D eigenvalue weighted by Gasteiger charge is 2.46. The van der Waals surface area contributed by atoms with E-state index in [4.69, 9.17) is 18.9 Å². The van der Waals surface area contributed by atoms with Crippen LogP contribution in [-0.2, 0) is 12.8 Å². The summed E-state index contributed by atoms with van der Waals surface area (Å²) in [7, 11) is 8.55. The zero-order valence-corrected chi connectivity index (χ0v) is 21.4. The van der Waals surface area contributed by atoms with Crippen LogP contribution in [0, 0.1) is 11.3 Å². The molecule has 0 bridgehead atoms. The van der Waals surface area contributed by atoms with Crippen molar-refractivity contribution in [1.82, 2.24) is 9.80 Å². The van der Waals surface area contributed by atoms with Gasteiger partial charge in [0.05, 0.1) is 47.2 Å². The fourth-order valence-electron chi connectivity index (χ4n) is 5.71. The molecule has 0 aromatic heterocycles. The molecular weight excluding hydrogens is 446 g/mol. The molecule has 0 fully saturated rings. The van der Waals surface area contributed by atoms with Crippen molar-refractivity contribution in [2.45, 2.75) is 43.9 Å². The molecular formula is C27H35N3O5. The van der Waals surface area contributed by atoms with Crippen LogP contribution in [0.25, 0.3) is 0 Å². The van der Waals surface area contributed by atoms with Gasteiger partial charge in [-0.3, -0.25) is 4.90 Å². The first-order valence-corrected chi connectivity index (χ1v) is 11.9. The normalized spacial score (nSPS) is 23.4. The first-order chi connectivity index (χ1) is 17.0. The largest absolute Gasteiger partial charge is 0.493 e. The lowest BCUT2D eigenvalue weighted by Gasteiger charge is -2.46. The molecule has 35 heavy (non-hydrogen) atoms. The monoisotopic (exact) mass is 481 g/mol. The third-order valence-corrected chi connectivity index (χ3v) is 7.63. The third-order valence-electron chi connectivity index (χ3n) is 7.63. The van der Waals surface area contributed by atoms with E-state index < -0.39 is 6.04 Å². The summed E-state index contributed by atoms with van der Waals surface area (Å²) in [5.41, 5.74) is 4.25. The maximum Gasteiger partial charge on any atom is 0.161 e. The number of benzene rings is 2. The Kier molecular flexibility index (Phi) is 7.41. The Bertz CT molecular complexity index is 1110. The van der Waals surface area contributed by atoms with Crippen LogP contribution in [0.4, 0.5) is 0 Å². The van der Waals surface area contributed by atoms with Crippen molar-refractivity contribution >= 4 is 0 Å². The zero-order chi connectivity index (χ0) is 25.3. The number of nitriles is 1. The summed E-state index contributed by atoms with van der Waals surface area (Å²) >= 11 is 0. The average molecular weight is 482 g/mol. The fourth-order valence-corrected chi connectivity index (χ4v) is 5.71. The Morgan fingerprint density at radius 2 is 1.43 bits per heavy atom. The second-order valence-corrected chi connectivity index (χ2v) is 9.10. The number of aliphatic hydroxyl groups excluding tert-OH is 1. The van der Waals surface area contributed by atoms with E-state index in [0.29, 0.717) is 35.8 Å². The maximum absolute atomic E-state index is 10.7. The van der Waals surface area contributed by atoms with Gasteiger partial charge in [-0.2, -0.15) is 5.26 Å². The van der Waals surface area contributed by atoms with Gasteiger partial charge in [-0.05, 0) is 73.0 Å². The second kappa shape index (κ2) is 10.3. The van der Waals surface area contributed by atoms with Gasteiger partial charge < -0.3 is 29.0 Å². The van der Waals surface area contributed by atoms with Crippen LogP contribution < -0.4 is 18.9 Å². The minimum Gasteiger partial charge on any atom is -0.493 e. The summed E-state index contributed by atoms with van der Waals surface area (Å²) in [5.74, 6) is 2.59. The smallest absolute Gasteiger partial charge is 0.161 e. The first-order valence-electron chi connectivity index (χ1n) is 11.9. The van der Waals surface area contributed by atoms with Crippen molar-refractivity contribution in [3.05, 3.63) is 46.5 Å². The van der Waals surface area contributed by atoms with Crippen LogP contribution in [0.5, 0.6) is 23.0 Å². The van der Waals surface area contributed by atoms with E-state index in [1.807, 2.05) is 24.3 Å². The number of hydrogen-bond acceptors (Lipinski definition) is 8. The van der Waals surface area contributed by atoms with Crippen molar-refractivity contribution in [3.63, 3.8) is 0 Å². The molecule has 8 heteroatoms. The molecule has 2 heterocycles. The number of fused-ring (bicyclic) bond motifs is 4. The van der Waals surface area contributed by atoms with Crippen LogP contribution in [0.1, 0.15) is 41.3 Å². The third kappa shape index (κ3) is 4.18. The van der Waals surface area contributed by atoms with E-state index in [9.17, 15) is 10.4 Å². The number of aliphatic hydroxyl groups is 1. The minimum atomic E-state index is -0.437. The Morgan fingerprint density at radius 1 is 0.914 bits per heavy atom. The molecule has 0 saturated carbocycles. The molecule has 0 saturated heterocycles. The van der Waals surface area contributed by atoms with Gasteiger partial charge in [0, 0.05) is 12.1 Å². The summed E-state index contributed by atoms with van der Waals surface area (Å²) in [5, 5.41) is 21.2. The van der Waals surface area contributed by atoms with Crippen molar-refractivity contribution in [2.75, 3.05) is 48.6 Å². The Hall–Kier alpha value is -2.99. The van der Waals surface area contributed by atoms with Gasteiger partial charge in [0.25, 0.3) is 0 Å². The SMILES string of the molecule is CCN(C)C1Cc2cc(OC)c(OC)cc2C2Cc3cc(OC)c(OC)cc3C(CO)N2C1C#N. The van der Waals surface area contributed by atoms with E-state index in [1.54, 1.807) is 28.4 Å². The van der Waals surface area contributed by atoms with Crippen LogP contribution in [0.15, 0.2) is 24.3 Å². The number of likely N-dealkylation sites (N-methyl/N-ethyl adjacent to an activating group) is 1. The Morgan fingerprint density at radius 3 is 1.91 bits per heavy atom. The predicted molar refractivity (Wildman–Crippen MR) is 132 cm³/mol. The molecule has 188 valence electrons. The summed E-state index contributed by atoms with van der Waals surface area (Å²) in [6.45, 7) is 2.77. The molecule has 1 N–H and O–H groups in total. The molecule has 0 radical (unpaired) electrons. The van der Waals surface area contributed by atoms with Crippen LogP contribution in [0.3, 0.4) is 0 Å². The summed E-state index contributed by atoms with van der Waals surface area (Å²) in [4.78, 5) is 4.41. The lowest BCUT2D eigenvalue weighted by Crippen LogP contribution is -2.53. The lowest BCUT2D eigenvalue weighted by atomic mass is 9.83. The predicted octanol–water partition coefficient (Wildman–Crippen LogP) is 3.12. The van der Waals surface area contributed by atoms with Crippen molar-refractivity contribution < 1.29 is 24.1 Å². The van der Waals surface area contributed by atoms with Gasteiger partial charge in [-0.1, -0.05) is 6.92 Å². The molecule has 4 atom stereocenters. The highest BCUT2D eigenvalue weighted by atomic mass is 16.5. The maximum atomic E-state index is 10.7. The van der Waals surface area contributed by atoms with Gasteiger partial charge in [0.2, 0.25) is 0 Å². The lowest BCUT2D eigenvalue weighted by molar-refractivity contribution is 0.0205. The van der Waals surface area contributed by atoms with Gasteiger partial charge >= 0.3 is 0 Å². The highest BCUT2D eigenvalue weighted by Crippen LogP contribution is 2.49. The van der Waals surface area contributed by atoms with Gasteiger partial charge in [0.1, 0.15) is 6.04 Å².